The Morgan fingerprint density at radius 1 is 1.19 bits per heavy atom. The van der Waals surface area contributed by atoms with Crippen molar-refractivity contribution in [3.63, 3.8) is 0 Å². The fraction of sp³-hybridized carbons (Fsp3) is 1.00. The van der Waals surface area contributed by atoms with Crippen molar-refractivity contribution in [3.8, 4) is 0 Å². The van der Waals surface area contributed by atoms with Crippen molar-refractivity contribution in [1.29, 1.82) is 0 Å². The standard InChI is InChI=1S/C13H26ClNO/c1-5-15(6-2)11-8-12(14)10(4)13(9-11)16-7-3/h10-13H,5-9H2,1-4H3. The van der Waals surface area contributed by atoms with E-state index in [0.29, 0.717) is 18.1 Å². The van der Waals surface area contributed by atoms with Crippen LogP contribution in [0.2, 0.25) is 0 Å². The van der Waals surface area contributed by atoms with E-state index in [1.54, 1.807) is 0 Å². The highest BCUT2D eigenvalue weighted by molar-refractivity contribution is 6.20. The van der Waals surface area contributed by atoms with Gasteiger partial charge in [-0.15, -0.1) is 11.6 Å². The molecule has 3 heteroatoms. The Balaban J connectivity index is 2.61. The van der Waals surface area contributed by atoms with Crippen LogP contribution < -0.4 is 0 Å². The maximum absolute atomic E-state index is 6.44. The van der Waals surface area contributed by atoms with Crippen LogP contribution in [0.25, 0.3) is 0 Å². The van der Waals surface area contributed by atoms with Crippen molar-refractivity contribution < 1.29 is 4.74 Å². The third-order valence-electron chi connectivity index (χ3n) is 3.87. The SMILES string of the molecule is CCOC1CC(N(CC)CC)CC(Cl)C1C. The first-order chi connectivity index (χ1) is 7.63. The first-order valence-corrected chi connectivity index (χ1v) is 7.07. The van der Waals surface area contributed by atoms with Crippen LogP contribution in [0.1, 0.15) is 40.5 Å². The number of ether oxygens (including phenoxy) is 1. The van der Waals surface area contributed by atoms with Crippen LogP contribution in [0.3, 0.4) is 0 Å². The van der Waals surface area contributed by atoms with E-state index in [2.05, 4.69) is 32.6 Å². The Hall–Kier alpha value is 0.210. The predicted molar refractivity (Wildman–Crippen MR) is 70.2 cm³/mol. The van der Waals surface area contributed by atoms with Crippen molar-refractivity contribution in [3.05, 3.63) is 0 Å². The molecule has 16 heavy (non-hydrogen) atoms. The summed E-state index contributed by atoms with van der Waals surface area (Å²) in [5, 5.41) is 0.260. The molecule has 1 aliphatic rings. The molecule has 0 amide bonds. The molecule has 2 nitrogen and oxygen atoms in total. The van der Waals surface area contributed by atoms with Gasteiger partial charge in [0.05, 0.1) is 6.10 Å². The summed E-state index contributed by atoms with van der Waals surface area (Å²) >= 11 is 6.44. The number of halogens is 1. The fourth-order valence-electron chi connectivity index (χ4n) is 2.76. The van der Waals surface area contributed by atoms with Crippen molar-refractivity contribution >= 4 is 11.6 Å². The molecular weight excluding hydrogens is 222 g/mol. The van der Waals surface area contributed by atoms with Crippen LogP contribution >= 0.6 is 11.6 Å². The smallest absolute Gasteiger partial charge is 0.0629 e. The van der Waals surface area contributed by atoms with Gasteiger partial charge in [-0.25, -0.2) is 0 Å². The highest BCUT2D eigenvalue weighted by atomic mass is 35.5. The Morgan fingerprint density at radius 3 is 2.31 bits per heavy atom. The minimum Gasteiger partial charge on any atom is -0.378 e. The minimum absolute atomic E-state index is 0.260. The zero-order valence-electron chi connectivity index (χ0n) is 11.1. The monoisotopic (exact) mass is 247 g/mol. The average Bonchev–Trinajstić information content (AvgIpc) is 2.27. The van der Waals surface area contributed by atoms with E-state index in [1.165, 1.54) is 0 Å². The summed E-state index contributed by atoms with van der Waals surface area (Å²) in [7, 11) is 0. The van der Waals surface area contributed by atoms with Gasteiger partial charge in [-0.2, -0.15) is 0 Å². The molecule has 0 radical (unpaired) electrons. The third-order valence-corrected chi connectivity index (χ3v) is 4.44. The Labute approximate surface area is 105 Å². The number of alkyl halides is 1. The molecule has 96 valence electrons. The third kappa shape index (κ3) is 3.35. The molecule has 1 saturated carbocycles. The van der Waals surface area contributed by atoms with Crippen molar-refractivity contribution in [2.45, 2.75) is 58.1 Å². The van der Waals surface area contributed by atoms with Crippen molar-refractivity contribution in [1.82, 2.24) is 4.90 Å². The molecule has 0 saturated heterocycles. The molecule has 4 atom stereocenters. The van der Waals surface area contributed by atoms with E-state index in [9.17, 15) is 0 Å². The summed E-state index contributed by atoms with van der Waals surface area (Å²) in [6.45, 7) is 11.7. The highest BCUT2D eigenvalue weighted by Crippen LogP contribution is 2.33. The maximum Gasteiger partial charge on any atom is 0.0629 e. The normalized spacial score (nSPS) is 35.6. The van der Waals surface area contributed by atoms with Gasteiger partial charge in [0.15, 0.2) is 0 Å². The minimum atomic E-state index is 0.260. The van der Waals surface area contributed by atoms with Crippen molar-refractivity contribution in [2.75, 3.05) is 19.7 Å². The lowest BCUT2D eigenvalue weighted by Gasteiger charge is -2.41. The molecule has 4 unspecified atom stereocenters. The lowest BCUT2D eigenvalue weighted by molar-refractivity contribution is -0.0236. The van der Waals surface area contributed by atoms with E-state index in [0.717, 1.165) is 32.5 Å². The van der Waals surface area contributed by atoms with Gasteiger partial charge in [0, 0.05) is 18.0 Å². The van der Waals surface area contributed by atoms with Crippen LogP contribution in [0.15, 0.2) is 0 Å². The number of hydrogen-bond acceptors (Lipinski definition) is 2. The quantitative estimate of drug-likeness (QED) is 0.692. The molecule has 1 fully saturated rings. The van der Waals surface area contributed by atoms with Crippen LogP contribution in [-0.4, -0.2) is 42.1 Å². The first-order valence-electron chi connectivity index (χ1n) is 6.63. The molecule has 0 heterocycles. The Morgan fingerprint density at radius 2 is 1.81 bits per heavy atom. The fourth-order valence-corrected chi connectivity index (χ4v) is 3.13. The second kappa shape index (κ2) is 6.83. The summed E-state index contributed by atoms with van der Waals surface area (Å²) in [6, 6.07) is 0.602. The maximum atomic E-state index is 6.44. The molecule has 0 aromatic heterocycles. The number of rotatable bonds is 5. The molecule has 0 N–H and O–H groups in total. The Bertz CT molecular complexity index is 196. The lowest BCUT2D eigenvalue weighted by Crippen LogP contribution is -2.47. The zero-order chi connectivity index (χ0) is 12.1. The second-order valence-corrected chi connectivity index (χ2v) is 5.28. The summed E-state index contributed by atoms with van der Waals surface area (Å²) in [6.07, 6.45) is 2.58. The van der Waals surface area contributed by atoms with E-state index >= 15 is 0 Å². The molecule has 0 bridgehead atoms. The highest BCUT2D eigenvalue weighted by Gasteiger charge is 2.36. The van der Waals surface area contributed by atoms with Crippen LogP contribution in [-0.2, 0) is 4.74 Å². The molecule has 0 aromatic carbocycles. The first kappa shape index (κ1) is 14.3. The van der Waals surface area contributed by atoms with Gasteiger partial charge in [0.25, 0.3) is 0 Å². The lowest BCUT2D eigenvalue weighted by atomic mass is 9.83. The van der Waals surface area contributed by atoms with Gasteiger partial charge in [0.1, 0.15) is 0 Å². The molecule has 0 aromatic rings. The second-order valence-electron chi connectivity index (χ2n) is 4.72. The van der Waals surface area contributed by atoms with E-state index in [4.69, 9.17) is 16.3 Å². The molecule has 1 rings (SSSR count). The molecule has 0 spiro atoms. The largest absolute Gasteiger partial charge is 0.378 e. The van der Waals surface area contributed by atoms with Gasteiger partial charge in [-0.3, -0.25) is 0 Å². The predicted octanol–water partition coefficient (Wildman–Crippen LogP) is 3.14. The molecule has 1 aliphatic carbocycles. The van der Waals surface area contributed by atoms with E-state index < -0.39 is 0 Å². The van der Waals surface area contributed by atoms with E-state index in [-0.39, 0.29) is 5.38 Å². The van der Waals surface area contributed by atoms with Crippen LogP contribution in [0.5, 0.6) is 0 Å². The van der Waals surface area contributed by atoms with Gasteiger partial charge in [-0.05, 0) is 38.8 Å². The average molecular weight is 248 g/mol. The summed E-state index contributed by atoms with van der Waals surface area (Å²) in [5.41, 5.74) is 0. The van der Waals surface area contributed by atoms with Gasteiger partial charge >= 0.3 is 0 Å². The van der Waals surface area contributed by atoms with Gasteiger partial charge < -0.3 is 9.64 Å². The summed E-state index contributed by atoms with van der Waals surface area (Å²) < 4.78 is 5.82. The molecular formula is C13H26ClNO. The van der Waals surface area contributed by atoms with Crippen LogP contribution in [0, 0.1) is 5.92 Å². The zero-order valence-corrected chi connectivity index (χ0v) is 11.8. The number of hydrogen-bond donors (Lipinski definition) is 0. The number of nitrogens with zero attached hydrogens (tertiary/aromatic N) is 1. The topological polar surface area (TPSA) is 12.5 Å². The van der Waals surface area contributed by atoms with E-state index in [1.807, 2.05) is 0 Å². The van der Waals surface area contributed by atoms with Gasteiger partial charge in [0.2, 0.25) is 0 Å². The van der Waals surface area contributed by atoms with Gasteiger partial charge in [-0.1, -0.05) is 20.8 Å². The van der Waals surface area contributed by atoms with Crippen LogP contribution in [0.4, 0.5) is 0 Å². The molecule has 0 aliphatic heterocycles. The van der Waals surface area contributed by atoms with Crippen molar-refractivity contribution in [2.24, 2.45) is 5.92 Å². The Kier molecular flexibility index (Phi) is 6.09. The summed E-state index contributed by atoms with van der Waals surface area (Å²) in [4.78, 5) is 2.51. The summed E-state index contributed by atoms with van der Waals surface area (Å²) in [5.74, 6) is 0.480.